The fourth-order valence-electron chi connectivity index (χ4n) is 8.83. The molecule has 12 rings (SSSR count). The van der Waals surface area contributed by atoms with Crippen LogP contribution in [0.25, 0.3) is 97.4 Å². The second-order valence-electron chi connectivity index (χ2n) is 14.8. The van der Waals surface area contributed by atoms with Gasteiger partial charge in [0.2, 0.25) is 0 Å². The van der Waals surface area contributed by atoms with E-state index in [9.17, 15) is 0 Å². The van der Waals surface area contributed by atoms with Crippen molar-refractivity contribution >= 4 is 92.4 Å². The Morgan fingerprint density at radius 1 is 0.345 bits per heavy atom. The lowest BCUT2D eigenvalue weighted by atomic mass is 9.94. The fraction of sp³-hybridized carbons (Fsp3) is 0. The summed E-state index contributed by atoms with van der Waals surface area (Å²) in [4.78, 5) is 2.38. The second kappa shape index (κ2) is 13.1. The Kier molecular flexibility index (Phi) is 7.40. The molecule has 0 fully saturated rings. The van der Waals surface area contributed by atoms with Crippen molar-refractivity contribution in [3.63, 3.8) is 0 Å². The first-order chi connectivity index (χ1) is 28.8. The minimum atomic E-state index is 0.838. The zero-order chi connectivity index (χ0) is 38.2. The summed E-state index contributed by atoms with van der Waals surface area (Å²) in [6, 6.07) is 71.3. The van der Waals surface area contributed by atoms with Gasteiger partial charge in [0.05, 0.1) is 16.8 Å². The maximum atomic E-state index is 6.82. The van der Waals surface area contributed by atoms with Crippen LogP contribution in [0.3, 0.4) is 0 Å². The predicted octanol–water partition coefficient (Wildman–Crippen LogP) is 16.3. The lowest BCUT2D eigenvalue weighted by molar-refractivity contribution is 0.668. The highest BCUT2D eigenvalue weighted by molar-refractivity contribution is 7.26. The van der Waals surface area contributed by atoms with E-state index in [1.165, 1.54) is 42.4 Å². The van der Waals surface area contributed by atoms with E-state index >= 15 is 0 Å². The van der Waals surface area contributed by atoms with Gasteiger partial charge in [0.15, 0.2) is 5.58 Å². The standard InChI is InChI=1S/C54H33NO2S/c1-4-15-34(16-5-1)37-31-43(36-19-8-3-9-20-36)51-44-33-38(27-30-49(44)58-50(51)32-37)55(46-24-14-23-41-40-21-10-12-25-47(40)56-53(41)46)45-29-28-39(35-17-6-2-7-18-35)54-52(45)42-22-11-13-26-48(42)57-54/h1-33H. The highest BCUT2D eigenvalue weighted by Crippen LogP contribution is 2.50. The molecule has 58 heavy (non-hydrogen) atoms. The van der Waals surface area contributed by atoms with Gasteiger partial charge in [0.1, 0.15) is 16.7 Å². The first-order valence-electron chi connectivity index (χ1n) is 19.6. The summed E-state index contributed by atoms with van der Waals surface area (Å²) in [6.45, 7) is 0. The third-order valence-corrected chi connectivity index (χ3v) is 12.6. The molecule has 0 aliphatic heterocycles. The Bertz CT molecular complexity index is 3510. The van der Waals surface area contributed by atoms with Crippen LogP contribution in [-0.2, 0) is 0 Å². The Morgan fingerprint density at radius 3 is 1.72 bits per heavy atom. The number of anilines is 3. The van der Waals surface area contributed by atoms with Crippen LogP contribution in [0.1, 0.15) is 0 Å². The van der Waals surface area contributed by atoms with Crippen LogP contribution in [0.2, 0.25) is 0 Å². The second-order valence-corrected chi connectivity index (χ2v) is 15.9. The molecule has 0 atom stereocenters. The van der Waals surface area contributed by atoms with Gasteiger partial charge in [-0.05, 0) is 88.5 Å². The van der Waals surface area contributed by atoms with Crippen LogP contribution in [0.4, 0.5) is 17.1 Å². The summed E-state index contributed by atoms with van der Waals surface area (Å²) in [6.07, 6.45) is 0. The lowest BCUT2D eigenvalue weighted by Gasteiger charge is -2.27. The topological polar surface area (TPSA) is 29.5 Å². The Hall–Kier alpha value is -7.40. The Balaban J connectivity index is 1.18. The number of para-hydroxylation sites is 3. The maximum Gasteiger partial charge on any atom is 0.159 e. The van der Waals surface area contributed by atoms with Gasteiger partial charge in [-0.25, -0.2) is 0 Å². The molecular formula is C54H33NO2S. The molecule has 9 aromatic carbocycles. The minimum Gasteiger partial charge on any atom is -0.455 e. The first kappa shape index (κ1) is 32.8. The van der Waals surface area contributed by atoms with Crippen molar-refractivity contribution in [1.29, 1.82) is 0 Å². The van der Waals surface area contributed by atoms with E-state index < -0.39 is 0 Å². The Labute approximate surface area is 338 Å². The molecule has 0 bridgehead atoms. The van der Waals surface area contributed by atoms with Crippen LogP contribution in [-0.4, -0.2) is 0 Å². The number of nitrogens with zero attached hydrogens (tertiary/aromatic N) is 1. The predicted molar refractivity (Wildman–Crippen MR) is 245 cm³/mol. The van der Waals surface area contributed by atoms with Crippen LogP contribution in [0, 0.1) is 0 Å². The van der Waals surface area contributed by atoms with Crippen molar-refractivity contribution in [1.82, 2.24) is 0 Å². The molecule has 0 aliphatic rings. The highest BCUT2D eigenvalue weighted by atomic mass is 32.1. The number of benzene rings is 9. The molecule has 0 unspecified atom stereocenters. The number of rotatable bonds is 6. The van der Waals surface area contributed by atoms with Crippen molar-refractivity contribution in [2.24, 2.45) is 0 Å². The molecule has 0 N–H and O–H groups in total. The third-order valence-electron chi connectivity index (χ3n) is 11.5. The van der Waals surface area contributed by atoms with E-state index in [-0.39, 0.29) is 0 Å². The van der Waals surface area contributed by atoms with Crippen molar-refractivity contribution in [3.8, 4) is 33.4 Å². The maximum absolute atomic E-state index is 6.82. The van der Waals surface area contributed by atoms with E-state index in [1.54, 1.807) is 0 Å². The Morgan fingerprint density at radius 2 is 0.966 bits per heavy atom. The summed E-state index contributed by atoms with van der Waals surface area (Å²) in [5, 5.41) is 6.76. The molecule has 3 aromatic heterocycles. The first-order valence-corrected chi connectivity index (χ1v) is 20.4. The smallest absolute Gasteiger partial charge is 0.159 e. The summed E-state index contributed by atoms with van der Waals surface area (Å²) < 4.78 is 16.1. The number of hydrogen-bond donors (Lipinski definition) is 0. The summed E-state index contributed by atoms with van der Waals surface area (Å²) in [7, 11) is 0. The SMILES string of the molecule is c1ccc(-c2cc(-c3ccccc3)c3c(c2)sc2ccc(N(c4cccc5c4oc4ccccc45)c4ccc(-c5ccccc5)c5oc6ccccc6c45)cc23)cc1. The molecular weight excluding hydrogens is 727 g/mol. The van der Waals surface area contributed by atoms with Crippen LogP contribution in [0.5, 0.6) is 0 Å². The van der Waals surface area contributed by atoms with E-state index in [0.29, 0.717) is 0 Å². The molecule has 0 saturated carbocycles. The summed E-state index contributed by atoms with van der Waals surface area (Å²) >= 11 is 1.85. The van der Waals surface area contributed by atoms with Crippen LogP contribution in [0.15, 0.2) is 209 Å². The molecule has 0 saturated heterocycles. The van der Waals surface area contributed by atoms with E-state index in [0.717, 1.165) is 72.1 Å². The minimum absolute atomic E-state index is 0.838. The number of thiophene rings is 1. The van der Waals surface area contributed by atoms with Gasteiger partial charge in [-0.3, -0.25) is 0 Å². The number of fused-ring (bicyclic) bond motifs is 9. The highest BCUT2D eigenvalue weighted by Gasteiger charge is 2.26. The monoisotopic (exact) mass is 759 g/mol. The number of hydrogen-bond acceptors (Lipinski definition) is 4. The molecule has 3 heterocycles. The van der Waals surface area contributed by atoms with Gasteiger partial charge in [-0.2, -0.15) is 0 Å². The molecule has 0 spiro atoms. The van der Waals surface area contributed by atoms with Gasteiger partial charge < -0.3 is 13.7 Å². The lowest BCUT2D eigenvalue weighted by Crippen LogP contribution is -2.10. The summed E-state index contributed by atoms with van der Waals surface area (Å²) in [5.41, 5.74) is 13.4. The van der Waals surface area contributed by atoms with Crippen molar-refractivity contribution in [2.75, 3.05) is 4.90 Å². The average molecular weight is 760 g/mol. The van der Waals surface area contributed by atoms with E-state index in [4.69, 9.17) is 8.83 Å². The molecule has 3 nitrogen and oxygen atoms in total. The van der Waals surface area contributed by atoms with Crippen LogP contribution >= 0.6 is 11.3 Å². The molecule has 0 radical (unpaired) electrons. The molecule has 4 heteroatoms. The van der Waals surface area contributed by atoms with E-state index in [1.807, 2.05) is 23.5 Å². The van der Waals surface area contributed by atoms with Crippen molar-refractivity contribution < 1.29 is 8.83 Å². The quantitative estimate of drug-likeness (QED) is 0.169. The number of furan rings is 2. The third kappa shape index (κ3) is 5.12. The van der Waals surface area contributed by atoms with Crippen molar-refractivity contribution in [3.05, 3.63) is 200 Å². The van der Waals surface area contributed by atoms with Gasteiger partial charge in [0, 0.05) is 47.6 Å². The zero-order valence-electron chi connectivity index (χ0n) is 31.2. The van der Waals surface area contributed by atoms with Crippen molar-refractivity contribution in [2.45, 2.75) is 0 Å². The zero-order valence-corrected chi connectivity index (χ0v) is 32.0. The molecule has 12 aromatic rings. The average Bonchev–Trinajstić information content (AvgIpc) is 3.99. The largest absolute Gasteiger partial charge is 0.455 e. The van der Waals surface area contributed by atoms with Crippen LogP contribution < -0.4 is 4.90 Å². The van der Waals surface area contributed by atoms with Gasteiger partial charge >= 0.3 is 0 Å². The normalized spacial score (nSPS) is 11.8. The molecule has 0 amide bonds. The summed E-state index contributed by atoms with van der Waals surface area (Å²) in [5.74, 6) is 0. The van der Waals surface area contributed by atoms with Gasteiger partial charge in [-0.15, -0.1) is 11.3 Å². The fourth-order valence-corrected chi connectivity index (χ4v) is 9.99. The van der Waals surface area contributed by atoms with Gasteiger partial charge in [0.25, 0.3) is 0 Å². The van der Waals surface area contributed by atoms with Gasteiger partial charge in [-0.1, -0.05) is 140 Å². The molecule has 0 aliphatic carbocycles. The molecule has 272 valence electrons. The van der Waals surface area contributed by atoms with E-state index in [2.05, 4.69) is 193 Å².